The van der Waals surface area contributed by atoms with Crippen LogP contribution in [0.2, 0.25) is 10.0 Å². The van der Waals surface area contributed by atoms with Crippen LogP contribution in [0.1, 0.15) is 24.2 Å². The fourth-order valence-electron chi connectivity index (χ4n) is 2.44. The number of aromatic nitrogens is 2. The number of hydrogen-bond acceptors (Lipinski definition) is 4. The SMILES string of the molecule is Cc1cc(Nc2ccc(Cl)cc2Cl)nc(NC(C)c2ccccc2)n1. The van der Waals surface area contributed by atoms with Gasteiger partial charge < -0.3 is 10.6 Å². The van der Waals surface area contributed by atoms with Gasteiger partial charge in [-0.1, -0.05) is 53.5 Å². The largest absolute Gasteiger partial charge is 0.348 e. The third-order valence-electron chi connectivity index (χ3n) is 3.69. The molecule has 25 heavy (non-hydrogen) atoms. The van der Waals surface area contributed by atoms with Crippen molar-refractivity contribution in [2.45, 2.75) is 19.9 Å². The van der Waals surface area contributed by atoms with Gasteiger partial charge >= 0.3 is 0 Å². The molecule has 128 valence electrons. The third kappa shape index (κ3) is 4.62. The molecule has 1 heterocycles. The standard InChI is InChI=1S/C19H18Cl2N4/c1-12-10-18(24-17-9-8-15(20)11-16(17)21)25-19(22-12)23-13(2)14-6-4-3-5-7-14/h3-11,13H,1-2H3,(H2,22,23,24,25). The van der Waals surface area contributed by atoms with Crippen molar-refractivity contribution in [1.82, 2.24) is 9.97 Å². The molecule has 0 saturated heterocycles. The zero-order valence-electron chi connectivity index (χ0n) is 13.9. The van der Waals surface area contributed by atoms with Gasteiger partial charge in [0.05, 0.1) is 16.8 Å². The average Bonchev–Trinajstić information content (AvgIpc) is 2.58. The minimum absolute atomic E-state index is 0.0926. The Labute approximate surface area is 157 Å². The van der Waals surface area contributed by atoms with E-state index in [0.29, 0.717) is 21.8 Å². The van der Waals surface area contributed by atoms with Gasteiger partial charge in [-0.25, -0.2) is 4.98 Å². The molecule has 1 unspecified atom stereocenters. The molecular formula is C19H18Cl2N4. The molecule has 1 atom stereocenters. The van der Waals surface area contributed by atoms with E-state index >= 15 is 0 Å². The lowest BCUT2D eigenvalue weighted by Crippen LogP contribution is -2.10. The maximum Gasteiger partial charge on any atom is 0.225 e. The number of rotatable bonds is 5. The van der Waals surface area contributed by atoms with E-state index in [1.54, 1.807) is 12.1 Å². The highest BCUT2D eigenvalue weighted by molar-refractivity contribution is 6.36. The molecule has 0 aliphatic heterocycles. The van der Waals surface area contributed by atoms with Gasteiger partial charge in [0.25, 0.3) is 0 Å². The van der Waals surface area contributed by atoms with Crippen LogP contribution in [0.15, 0.2) is 54.6 Å². The fourth-order valence-corrected chi connectivity index (χ4v) is 2.90. The van der Waals surface area contributed by atoms with E-state index in [1.807, 2.05) is 37.3 Å². The Morgan fingerprint density at radius 2 is 1.72 bits per heavy atom. The van der Waals surface area contributed by atoms with Crippen LogP contribution < -0.4 is 10.6 Å². The van der Waals surface area contributed by atoms with Crippen LogP contribution in [0, 0.1) is 6.92 Å². The van der Waals surface area contributed by atoms with Crippen LogP contribution in [-0.4, -0.2) is 9.97 Å². The van der Waals surface area contributed by atoms with Crippen molar-refractivity contribution >= 4 is 40.7 Å². The van der Waals surface area contributed by atoms with Crippen LogP contribution in [0.25, 0.3) is 0 Å². The summed E-state index contributed by atoms with van der Waals surface area (Å²) in [6, 6.07) is 17.4. The van der Waals surface area contributed by atoms with Crippen molar-refractivity contribution in [3.63, 3.8) is 0 Å². The van der Waals surface area contributed by atoms with Crippen molar-refractivity contribution < 1.29 is 0 Å². The zero-order valence-corrected chi connectivity index (χ0v) is 15.4. The van der Waals surface area contributed by atoms with E-state index in [9.17, 15) is 0 Å². The summed E-state index contributed by atoms with van der Waals surface area (Å²) in [4.78, 5) is 8.99. The summed E-state index contributed by atoms with van der Waals surface area (Å²) >= 11 is 12.2. The summed E-state index contributed by atoms with van der Waals surface area (Å²) in [5.41, 5.74) is 2.76. The van der Waals surface area contributed by atoms with E-state index in [4.69, 9.17) is 23.2 Å². The summed E-state index contributed by atoms with van der Waals surface area (Å²) in [5.74, 6) is 1.23. The monoisotopic (exact) mass is 372 g/mol. The second kappa shape index (κ2) is 7.72. The lowest BCUT2D eigenvalue weighted by molar-refractivity contribution is 0.858. The van der Waals surface area contributed by atoms with Gasteiger partial charge in [0.1, 0.15) is 5.82 Å². The molecule has 3 rings (SSSR count). The molecule has 0 bridgehead atoms. The van der Waals surface area contributed by atoms with Crippen molar-refractivity contribution in [3.05, 3.63) is 75.9 Å². The first kappa shape index (κ1) is 17.5. The molecule has 0 aliphatic rings. The van der Waals surface area contributed by atoms with Gasteiger partial charge in [0, 0.05) is 16.8 Å². The van der Waals surface area contributed by atoms with Crippen LogP contribution in [0.5, 0.6) is 0 Å². The first-order valence-electron chi connectivity index (χ1n) is 7.90. The molecule has 0 spiro atoms. The molecule has 0 aliphatic carbocycles. The van der Waals surface area contributed by atoms with E-state index in [0.717, 1.165) is 11.4 Å². The van der Waals surface area contributed by atoms with Gasteiger partial charge in [0.15, 0.2) is 0 Å². The number of aryl methyl sites for hydroxylation is 1. The minimum Gasteiger partial charge on any atom is -0.348 e. The number of benzene rings is 2. The second-order valence-corrected chi connectivity index (χ2v) is 6.59. The zero-order chi connectivity index (χ0) is 17.8. The molecule has 3 aromatic rings. The Morgan fingerprint density at radius 3 is 2.44 bits per heavy atom. The van der Waals surface area contributed by atoms with Crippen molar-refractivity contribution in [3.8, 4) is 0 Å². The van der Waals surface area contributed by atoms with Crippen LogP contribution >= 0.6 is 23.2 Å². The van der Waals surface area contributed by atoms with E-state index in [1.165, 1.54) is 5.56 Å². The Hall–Kier alpha value is -2.30. The molecule has 1 aromatic heterocycles. The maximum absolute atomic E-state index is 6.22. The molecule has 2 aromatic carbocycles. The lowest BCUT2D eigenvalue weighted by Gasteiger charge is -2.16. The van der Waals surface area contributed by atoms with Crippen LogP contribution in [-0.2, 0) is 0 Å². The topological polar surface area (TPSA) is 49.8 Å². The van der Waals surface area contributed by atoms with Gasteiger partial charge in [-0.2, -0.15) is 4.98 Å². The molecule has 2 N–H and O–H groups in total. The molecular weight excluding hydrogens is 355 g/mol. The van der Waals surface area contributed by atoms with Crippen molar-refractivity contribution in [2.24, 2.45) is 0 Å². The van der Waals surface area contributed by atoms with E-state index in [2.05, 4.69) is 39.7 Å². The van der Waals surface area contributed by atoms with Crippen molar-refractivity contribution in [2.75, 3.05) is 10.6 Å². The first-order chi connectivity index (χ1) is 12.0. The molecule has 0 radical (unpaired) electrons. The Kier molecular flexibility index (Phi) is 5.41. The Bertz CT molecular complexity index is 869. The maximum atomic E-state index is 6.22. The third-order valence-corrected chi connectivity index (χ3v) is 4.24. The molecule has 0 fully saturated rings. The van der Waals surface area contributed by atoms with Gasteiger partial charge in [-0.15, -0.1) is 0 Å². The lowest BCUT2D eigenvalue weighted by atomic mass is 10.1. The highest BCUT2D eigenvalue weighted by Gasteiger charge is 2.09. The van der Waals surface area contributed by atoms with Crippen LogP contribution in [0.3, 0.4) is 0 Å². The quantitative estimate of drug-likeness (QED) is 0.575. The summed E-state index contributed by atoms with van der Waals surface area (Å²) in [6.07, 6.45) is 0. The molecule has 4 nitrogen and oxygen atoms in total. The average molecular weight is 373 g/mol. The summed E-state index contributed by atoms with van der Waals surface area (Å²) in [5, 5.41) is 7.67. The number of halogens is 2. The van der Waals surface area contributed by atoms with Gasteiger partial charge in [-0.05, 0) is 37.6 Å². The fraction of sp³-hybridized carbons (Fsp3) is 0.158. The summed E-state index contributed by atoms with van der Waals surface area (Å²) in [7, 11) is 0. The molecule has 6 heteroatoms. The highest BCUT2D eigenvalue weighted by Crippen LogP contribution is 2.28. The second-order valence-electron chi connectivity index (χ2n) is 5.74. The molecule has 0 amide bonds. The normalized spacial score (nSPS) is 11.8. The highest BCUT2D eigenvalue weighted by atomic mass is 35.5. The number of nitrogens with zero attached hydrogens (tertiary/aromatic N) is 2. The Morgan fingerprint density at radius 1 is 0.960 bits per heavy atom. The summed E-state index contributed by atoms with van der Waals surface area (Å²) < 4.78 is 0. The molecule has 0 saturated carbocycles. The van der Waals surface area contributed by atoms with Gasteiger partial charge in [-0.3, -0.25) is 0 Å². The summed E-state index contributed by atoms with van der Waals surface area (Å²) in [6.45, 7) is 4.00. The Balaban J connectivity index is 1.80. The minimum atomic E-state index is 0.0926. The number of anilines is 3. The number of hydrogen-bond donors (Lipinski definition) is 2. The van der Waals surface area contributed by atoms with Crippen molar-refractivity contribution in [1.29, 1.82) is 0 Å². The van der Waals surface area contributed by atoms with Crippen LogP contribution in [0.4, 0.5) is 17.5 Å². The van der Waals surface area contributed by atoms with Gasteiger partial charge in [0.2, 0.25) is 5.95 Å². The predicted molar refractivity (Wildman–Crippen MR) is 105 cm³/mol. The van der Waals surface area contributed by atoms with E-state index < -0.39 is 0 Å². The van der Waals surface area contributed by atoms with E-state index in [-0.39, 0.29) is 6.04 Å². The smallest absolute Gasteiger partial charge is 0.225 e. The number of nitrogens with one attached hydrogen (secondary N) is 2. The first-order valence-corrected chi connectivity index (χ1v) is 8.66. The predicted octanol–water partition coefficient (Wildman–Crippen LogP) is 6.01.